The average Bonchev–Trinajstić information content (AvgIpc) is 2.34. The molecule has 91 valence electrons. The quantitative estimate of drug-likeness (QED) is 0.445. The Balaban J connectivity index is 2.31. The fourth-order valence-electron chi connectivity index (χ4n) is 0.965. The zero-order valence-corrected chi connectivity index (χ0v) is 10.2. The first-order chi connectivity index (χ1) is 8.24. The van der Waals surface area contributed by atoms with Gasteiger partial charge in [-0.2, -0.15) is 0 Å². The molecule has 0 heterocycles. The van der Waals surface area contributed by atoms with Crippen molar-refractivity contribution < 1.29 is 14.4 Å². The second kappa shape index (κ2) is 7.68. The van der Waals surface area contributed by atoms with Gasteiger partial charge in [0, 0.05) is 10.6 Å². The second-order valence-electron chi connectivity index (χ2n) is 3.18. The van der Waals surface area contributed by atoms with E-state index in [1.54, 1.807) is 18.2 Å². The van der Waals surface area contributed by atoms with Crippen LogP contribution in [0.4, 0.5) is 0 Å². The first-order valence-electron chi connectivity index (χ1n) is 5.20. The highest BCUT2D eigenvalue weighted by atomic mass is 35.5. The number of ether oxygens (including phenoxy) is 1. The van der Waals surface area contributed by atoms with Gasteiger partial charge in [-0.15, -0.1) is 0 Å². The third kappa shape index (κ3) is 5.36. The van der Waals surface area contributed by atoms with Gasteiger partial charge in [-0.3, -0.25) is 0 Å². The van der Waals surface area contributed by atoms with Gasteiger partial charge in [0.2, 0.25) is 6.61 Å². The molecule has 0 spiro atoms. The van der Waals surface area contributed by atoms with Crippen LogP contribution in [0.25, 0.3) is 0 Å². The van der Waals surface area contributed by atoms with Crippen LogP contribution in [0.5, 0.6) is 0 Å². The molecule has 1 aromatic rings. The second-order valence-corrected chi connectivity index (χ2v) is 3.58. The average molecular weight is 255 g/mol. The summed E-state index contributed by atoms with van der Waals surface area (Å²) in [4.78, 5) is 15.8. The number of nitrogens with zero attached hydrogens (tertiary/aromatic N) is 1. The molecule has 0 aromatic heterocycles. The highest BCUT2D eigenvalue weighted by molar-refractivity contribution is 6.33. The molecule has 0 fully saturated rings. The lowest BCUT2D eigenvalue weighted by atomic mass is 10.2. The molecule has 0 aliphatic carbocycles. The number of hydrogen-bond acceptors (Lipinski definition) is 4. The topological polar surface area (TPSA) is 47.9 Å². The molecule has 0 saturated heterocycles. The van der Waals surface area contributed by atoms with E-state index in [2.05, 4.69) is 11.2 Å². The maximum absolute atomic E-state index is 11.0. The van der Waals surface area contributed by atoms with Gasteiger partial charge in [-0.1, -0.05) is 29.7 Å². The molecule has 0 bridgehead atoms. The highest BCUT2D eigenvalue weighted by Crippen LogP contribution is 2.11. The molecule has 1 radical (unpaired) electrons. The van der Waals surface area contributed by atoms with E-state index in [4.69, 9.17) is 21.2 Å². The molecule has 0 amide bonds. The van der Waals surface area contributed by atoms with E-state index in [1.165, 1.54) is 6.21 Å². The van der Waals surface area contributed by atoms with Crippen molar-refractivity contribution in [2.45, 2.75) is 13.3 Å². The van der Waals surface area contributed by atoms with Gasteiger partial charge >= 0.3 is 5.97 Å². The van der Waals surface area contributed by atoms with Gasteiger partial charge in [0.15, 0.2) is 0 Å². The van der Waals surface area contributed by atoms with Gasteiger partial charge in [0.25, 0.3) is 0 Å². The summed E-state index contributed by atoms with van der Waals surface area (Å²) in [6.45, 7) is 2.11. The third-order valence-corrected chi connectivity index (χ3v) is 2.10. The molecule has 5 heteroatoms. The van der Waals surface area contributed by atoms with Crippen molar-refractivity contribution in [3.63, 3.8) is 0 Å². The first-order valence-corrected chi connectivity index (χ1v) is 5.58. The number of carbonyl (C=O) groups is 1. The number of oxime groups is 1. The number of carbonyl (C=O) groups excluding carboxylic acids is 1. The number of halogens is 1. The Morgan fingerprint density at radius 1 is 1.65 bits per heavy atom. The van der Waals surface area contributed by atoms with Gasteiger partial charge in [-0.05, 0) is 24.6 Å². The number of esters is 1. The third-order valence-electron chi connectivity index (χ3n) is 1.76. The Labute approximate surface area is 105 Å². The maximum atomic E-state index is 11.0. The summed E-state index contributed by atoms with van der Waals surface area (Å²) in [6, 6.07) is 7.92. The molecule has 0 atom stereocenters. The SMILES string of the molecule is CCCOC(=O)CO/N=C/c1c[c]ccc1Cl. The van der Waals surface area contributed by atoms with Crippen molar-refractivity contribution >= 4 is 23.8 Å². The van der Waals surface area contributed by atoms with Crippen LogP contribution in [-0.4, -0.2) is 25.4 Å². The zero-order valence-electron chi connectivity index (χ0n) is 9.48. The molecule has 0 aliphatic heterocycles. The van der Waals surface area contributed by atoms with Gasteiger partial charge in [-0.25, -0.2) is 4.79 Å². The van der Waals surface area contributed by atoms with E-state index in [0.29, 0.717) is 17.2 Å². The smallest absolute Gasteiger partial charge is 0.347 e. The Bertz CT molecular complexity index is 393. The molecule has 0 aliphatic rings. The largest absolute Gasteiger partial charge is 0.463 e. The van der Waals surface area contributed by atoms with Crippen LogP contribution in [0.1, 0.15) is 18.9 Å². The van der Waals surface area contributed by atoms with E-state index < -0.39 is 5.97 Å². The van der Waals surface area contributed by atoms with Crippen molar-refractivity contribution in [1.82, 2.24) is 0 Å². The predicted molar refractivity (Wildman–Crippen MR) is 65.1 cm³/mol. The highest BCUT2D eigenvalue weighted by Gasteiger charge is 2.01. The first kappa shape index (κ1) is 13.5. The Kier molecular flexibility index (Phi) is 6.10. The lowest BCUT2D eigenvalue weighted by molar-refractivity contribution is -0.148. The predicted octanol–water partition coefficient (Wildman–Crippen LogP) is 2.44. The molecule has 1 aromatic carbocycles. The van der Waals surface area contributed by atoms with Crippen molar-refractivity contribution in [3.8, 4) is 0 Å². The molecule has 1 rings (SSSR count). The number of hydrogen-bond donors (Lipinski definition) is 0. The van der Waals surface area contributed by atoms with Gasteiger partial charge in [0.1, 0.15) is 0 Å². The molecule has 17 heavy (non-hydrogen) atoms. The Hall–Kier alpha value is -1.55. The molecule has 4 nitrogen and oxygen atoms in total. The fourth-order valence-corrected chi connectivity index (χ4v) is 1.13. The fraction of sp³-hybridized carbons (Fsp3) is 0.333. The van der Waals surface area contributed by atoms with Crippen LogP contribution in [0, 0.1) is 6.07 Å². The lowest BCUT2D eigenvalue weighted by Crippen LogP contribution is -2.11. The lowest BCUT2D eigenvalue weighted by Gasteiger charge is -2.01. The Morgan fingerprint density at radius 3 is 3.18 bits per heavy atom. The normalized spacial score (nSPS) is 10.5. The zero-order chi connectivity index (χ0) is 12.5. The molecule has 0 N–H and O–H groups in total. The monoisotopic (exact) mass is 254 g/mol. The summed E-state index contributed by atoms with van der Waals surface area (Å²) in [5.74, 6) is -0.435. The summed E-state index contributed by atoms with van der Waals surface area (Å²) < 4.78 is 4.80. The van der Waals surface area contributed by atoms with Crippen molar-refractivity contribution in [2.24, 2.45) is 5.16 Å². The maximum Gasteiger partial charge on any atom is 0.347 e. The molecular weight excluding hydrogens is 242 g/mol. The Morgan fingerprint density at radius 2 is 2.47 bits per heavy atom. The standard InChI is InChI=1S/C12H13ClNO3/c1-2-7-16-12(15)9-17-14-8-10-5-3-4-6-11(10)13/h4-6,8H,2,7,9H2,1H3/b14-8+. The van der Waals surface area contributed by atoms with Crippen LogP contribution in [-0.2, 0) is 14.4 Å². The summed E-state index contributed by atoms with van der Waals surface area (Å²) in [6.07, 6.45) is 2.20. The van der Waals surface area contributed by atoms with Crippen LogP contribution in [0.3, 0.4) is 0 Å². The van der Waals surface area contributed by atoms with E-state index in [-0.39, 0.29) is 6.61 Å². The van der Waals surface area contributed by atoms with Crippen molar-refractivity contribution in [3.05, 3.63) is 34.9 Å². The molecule has 0 saturated carbocycles. The minimum absolute atomic E-state index is 0.204. The van der Waals surface area contributed by atoms with Crippen LogP contribution < -0.4 is 0 Å². The van der Waals surface area contributed by atoms with Gasteiger partial charge in [0.05, 0.1) is 12.8 Å². The number of rotatable bonds is 6. The minimum atomic E-state index is -0.435. The summed E-state index contributed by atoms with van der Waals surface area (Å²) in [5.41, 5.74) is 0.677. The molecular formula is C12H13ClNO3. The minimum Gasteiger partial charge on any atom is -0.463 e. The van der Waals surface area contributed by atoms with Crippen LogP contribution in [0.2, 0.25) is 5.02 Å². The van der Waals surface area contributed by atoms with Crippen molar-refractivity contribution in [1.29, 1.82) is 0 Å². The summed E-state index contributed by atoms with van der Waals surface area (Å²) >= 11 is 5.88. The van der Waals surface area contributed by atoms with E-state index >= 15 is 0 Å². The summed E-state index contributed by atoms with van der Waals surface area (Å²) in [7, 11) is 0. The van der Waals surface area contributed by atoms with E-state index in [9.17, 15) is 4.79 Å². The molecule has 0 unspecified atom stereocenters. The van der Waals surface area contributed by atoms with Crippen molar-refractivity contribution in [2.75, 3.05) is 13.2 Å². The van der Waals surface area contributed by atoms with E-state index in [0.717, 1.165) is 6.42 Å². The number of benzene rings is 1. The van der Waals surface area contributed by atoms with Crippen LogP contribution in [0.15, 0.2) is 23.4 Å². The van der Waals surface area contributed by atoms with Gasteiger partial charge < -0.3 is 9.57 Å². The van der Waals surface area contributed by atoms with Crippen LogP contribution >= 0.6 is 11.6 Å². The summed E-state index contributed by atoms with van der Waals surface area (Å²) in [5, 5.41) is 4.17. The van der Waals surface area contributed by atoms with E-state index in [1.807, 2.05) is 6.92 Å².